The van der Waals surface area contributed by atoms with Gasteiger partial charge in [0, 0.05) is 17.5 Å². The van der Waals surface area contributed by atoms with E-state index in [0.717, 1.165) is 24.0 Å². The largest absolute Gasteiger partial charge is 0.467 e. The van der Waals surface area contributed by atoms with Crippen LogP contribution in [-0.2, 0) is 17.8 Å². The van der Waals surface area contributed by atoms with E-state index in [1.165, 1.54) is 12.1 Å². The zero-order valence-electron chi connectivity index (χ0n) is 8.83. The van der Waals surface area contributed by atoms with Crippen molar-refractivity contribution in [3.8, 4) is 5.75 Å². The zero-order valence-corrected chi connectivity index (χ0v) is 8.83. The Balaban J connectivity index is 1.98. The smallest absolute Gasteiger partial charge is 0.189 e. The van der Waals surface area contributed by atoms with Crippen LogP contribution in [-0.4, -0.2) is 17.5 Å². The van der Waals surface area contributed by atoms with Crippen LogP contribution in [0.4, 0.5) is 4.39 Å². The SMILES string of the molecule is OC1(Cc2cc(F)cc3c2OCOC3)CC1. The predicted molar refractivity (Wildman–Crippen MR) is 54.6 cm³/mol. The first-order valence-electron chi connectivity index (χ1n) is 5.41. The van der Waals surface area contributed by atoms with Gasteiger partial charge >= 0.3 is 0 Å². The van der Waals surface area contributed by atoms with Gasteiger partial charge in [-0.05, 0) is 25.0 Å². The van der Waals surface area contributed by atoms with E-state index < -0.39 is 5.60 Å². The molecule has 1 heterocycles. The average Bonchev–Trinajstić information content (AvgIpc) is 2.96. The molecule has 1 N–H and O–H groups in total. The summed E-state index contributed by atoms with van der Waals surface area (Å²) in [6, 6.07) is 2.87. The van der Waals surface area contributed by atoms with Gasteiger partial charge in [-0.1, -0.05) is 0 Å². The lowest BCUT2D eigenvalue weighted by molar-refractivity contribution is -0.0177. The van der Waals surface area contributed by atoms with Crippen LogP contribution >= 0.6 is 0 Å². The van der Waals surface area contributed by atoms with Crippen molar-refractivity contribution >= 4 is 0 Å². The number of rotatable bonds is 2. The van der Waals surface area contributed by atoms with Crippen molar-refractivity contribution in [1.82, 2.24) is 0 Å². The second kappa shape index (κ2) is 3.43. The molecule has 1 aliphatic heterocycles. The molecule has 0 unspecified atom stereocenters. The molecule has 1 fully saturated rings. The Bertz CT molecular complexity index is 427. The summed E-state index contributed by atoms with van der Waals surface area (Å²) in [4.78, 5) is 0. The fraction of sp³-hybridized carbons (Fsp3) is 0.500. The van der Waals surface area contributed by atoms with Crippen LogP contribution < -0.4 is 4.74 Å². The molecule has 3 nitrogen and oxygen atoms in total. The highest BCUT2D eigenvalue weighted by atomic mass is 19.1. The maximum absolute atomic E-state index is 13.4. The number of aliphatic hydroxyl groups is 1. The van der Waals surface area contributed by atoms with E-state index >= 15 is 0 Å². The molecule has 0 saturated heterocycles. The molecule has 0 amide bonds. The molecular weight excluding hydrogens is 211 g/mol. The summed E-state index contributed by atoms with van der Waals surface area (Å²) in [6.45, 7) is 0.572. The van der Waals surface area contributed by atoms with Gasteiger partial charge in [-0.15, -0.1) is 0 Å². The third-order valence-electron chi connectivity index (χ3n) is 3.10. The van der Waals surface area contributed by atoms with Gasteiger partial charge in [-0.25, -0.2) is 4.39 Å². The van der Waals surface area contributed by atoms with E-state index in [0.29, 0.717) is 18.8 Å². The number of ether oxygens (including phenoxy) is 2. The van der Waals surface area contributed by atoms with E-state index in [4.69, 9.17) is 9.47 Å². The van der Waals surface area contributed by atoms with Crippen molar-refractivity contribution in [2.45, 2.75) is 31.5 Å². The van der Waals surface area contributed by atoms with Gasteiger partial charge in [0.2, 0.25) is 0 Å². The molecule has 1 aliphatic carbocycles. The molecule has 16 heavy (non-hydrogen) atoms. The second-order valence-corrected chi connectivity index (χ2v) is 4.56. The highest BCUT2D eigenvalue weighted by Gasteiger charge is 2.41. The molecule has 86 valence electrons. The molecule has 4 heteroatoms. The summed E-state index contributed by atoms with van der Waals surface area (Å²) in [7, 11) is 0. The lowest BCUT2D eigenvalue weighted by Gasteiger charge is -2.21. The van der Waals surface area contributed by atoms with E-state index in [1.807, 2.05) is 0 Å². The Labute approximate surface area is 92.8 Å². The van der Waals surface area contributed by atoms with Crippen LogP contribution in [0, 0.1) is 5.82 Å². The number of hydrogen-bond acceptors (Lipinski definition) is 3. The van der Waals surface area contributed by atoms with Crippen LogP contribution in [0.25, 0.3) is 0 Å². The summed E-state index contributed by atoms with van der Waals surface area (Å²) in [5.41, 5.74) is 0.840. The number of hydrogen-bond donors (Lipinski definition) is 1. The summed E-state index contributed by atoms with van der Waals surface area (Å²) in [6.07, 6.45) is 2.04. The van der Waals surface area contributed by atoms with Crippen LogP contribution in [0.5, 0.6) is 5.75 Å². The summed E-state index contributed by atoms with van der Waals surface area (Å²) in [5.74, 6) is 0.389. The molecule has 0 spiro atoms. The van der Waals surface area contributed by atoms with Crippen molar-refractivity contribution in [3.63, 3.8) is 0 Å². The zero-order chi connectivity index (χ0) is 11.2. The fourth-order valence-electron chi connectivity index (χ4n) is 2.06. The Kier molecular flexibility index (Phi) is 2.16. The lowest BCUT2D eigenvalue weighted by atomic mass is 10.0. The van der Waals surface area contributed by atoms with Gasteiger partial charge in [-0.2, -0.15) is 0 Å². The summed E-state index contributed by atoms with van der Waals surface area (Å²) in [5, 5.41) is 9.87. The average molecular weight is 224 g/mol. The molecule has 1 aromatic rings. The normalized spacial score (nSPS) is 21.1. The summed E-state index contributed by atoms with van der Waals surface area (Å²) < 4.78 is 23.8. The minimum absolute atomic E-state index is 0.198. The molecule has 0 radical (unpaired) electrons. The molecule has 2 aliphatic rings. The van der Waals surface area contributed by atoms with Crippen molar-refractivity contribution in [1.29, 1.82) is 0 Å². The molecule has 0 atom stereocenters. The Morgan fingerprint density at radius 2 is 2.19 bits per heavy atom. The van der Waals surface area contributed by atoms with E-state index in [9.17, 15) is 9.50 Å². The fourth-order valence-corrected chi connectivity index (χ4v) is 2.06. The Hall–Kier alpha value is -1.13. The third-order valence-corrected chi connectivity index (χ3v) is 3.10. The predicted octanol–water partition coefficient (Wildman–Crippen LogP) is 1.76. The second-order valence-electron chi connectivity index (χ2n) is 4.56. The number of halogens is 1. The van der Waals surface area contributed by atoms with Gasteiger partial charge in [-0.3, -0.25) is 0 Å². The van der Waals surface area contributed by atoms with Crippen LogP contribution in [0.3, 0.4) is 0 Å². The van der Waals surface area contributed by atoms with Crippen LogP contribution in [0.1, 0.15) is 24.0 Å². The number of fused-ring (bicyclic) bond motifs is 1. The van der Waals surface area contributed by atoms with Gasteiger partial charge in [0.15, 0.2) is 6.79 Å². The van der Waals surface area contributed by atoms with Crippen molar-refractivity contribution in [3.05, 3.63) is 29.1 Å². The van der Waals surface area contributed by atoms with Gasteiger partial charge in [0.1, 0.15) is 11.6 Å². The highest BCUT2D eigenvalue weighted by Crippen LogP contribution is 2.41. The minimum atomic E-state index is -0.636. The minimum Gasteiger partial charge on any atom is -0.467 e. The Morgan fingerprint density at radius 3 is 2.94 bits per heavy atom. The number of benzene rings is 1. The van der Waals surface area contributed by atoms with Crippen molar-refractivity contribution in [2.24, 2.45) is 0 Å². The topological polar surface area (TPSA) is 38.7 Å². The van der Waals surface area contributed by atoms with E-state index in [-0.39, 0.29) is 12.6 Å². The van der Waals surface area contributed by atoms with Gasteiger partial charge in [0.05, 0.1) is 12.2 Å². The maximum atomic E-state index is 13.4. The standard InChI is InChI=1S/C12H13FO3/c13-10-3-8(5-12(14)1-2-12)11-9(4-10)6-15-7-16-11/h3-4,14H,1-2,5-7H2. The molecular formula is C12H13FO3. The molecule has 3 rings (SSSR count). The Morgan fingerprint density at radius 1 is 1.38 bits per heavy atom. The first-order chi connectivity index (χ1) is 7.66. The maximum Gasteiger partial charge on any atom is 0.189 e. The first kappa shape index (κ1) is 10.1. The quantitative estimate of drug-likeness (QED) is 0.831. The van der Waals surface area contributed by atoms with Crippen LogP contribution in [0.2, 0.25) is 0 Å². The van der Waals surface area contributed by atoms with Crippen molar-refractivity contribution < 1.29 is 19.0 Å². The highest BCUT2D eigenvalue weighted by molar-refractivity contribution is 5.43. The van der Waals surface area contributed by atoms with Gasteiger partial charge in [0.25, 0.3) is 0 Å². The van der Waals surface area contributed by atoms with Crippen molar-refractivity contribution in [2.75, 3.05) is 6.79 Å². The lowest BCUT2D eigenvalue weighted by Crippen LogP contribution is -2.17. The molecule has 0 bridgehead atoms. The van der Waals surface area contributed by atoms with Crippen LogP contribution in [0.15, 0.2) is 12.1 Å². The molecule has 1 saturated carbocycles. The van der Waals surface area contributed by atoms with E-state index in [2.05, 4.69) is 0 Å². The van der Waals surface area contributed by atoms with Gasteiger partial charge < -0.3 is 14.6 Å². The summed E-state index contributed by atoms with van der Waals surface area (Å²) >= 11 is 0. The van der Waals surface area contributed by atoms with E-state index in [1.54, 1.807) is 0 Å². The monoisotopic (exact) mass is 224 g/mol. The molecule has 1 aromatic carbocycles. The third kappa shape index (κ3) is 1.79. The molecule has 0 aromatic heterocycles. The first-order valence-corrected chi connectivity index (χ1v) is 5.41.